The Balaban J connectivity index is 1.17. The van der Waals surface area contributed by atoms with Gasteiger partial charge < -0.3 is 8.83 Å². The topological polar surface area (TPSA) is 26.3 Å². The van der Waals surface area contributed by atoms with E-state index >= 15 is 0 Å². The lowest BCUT2D eigenvalue weighted by Crippen LogP contribution is -2.26. The Labute approximate surface area is 339 Å². The summed E-state index contributed by atoms with van der Waals surface area (Å²) in [4.78, 5) is 0. The number of hydrogen-bond acceptors (Lipinski definition) is 2. The second-order valence-corrected chi connectivity index (χ2v) is 16.3. The molecule has 272 valence electrons. The molecule has 14 rings (SSSR count). The lowest BCUT2D eigenvalue weighted by Gasteiger charge is -2.32. The fourth-order valence-electron chi connectivity index (χ4n) is 11.1. The van der Waals surface area contributed by atoms with Crippen LogP contribution in [0, 0.1) is 0 Å². The van der Waals surface area contributed by atoms with Crippen LogP contribution in [0.5, 0.6) is 0 Å². The van der Waals surface area contributed by atoms with E-state index in [0.717, 1.165) is 60.6 Å². The summed E-state index contributed by atoms with van der Waals surface area (Å²) in [6, 6.07) is 71.6. The van der Waals surface area contributed by atoms with Gasteiger partial charge in [0.25, 0.3) is 0 Å². The Morgan fingerprint density at radius 3 is 1.78 bits per heavy atom. The largest absolute Gasteiger partial charge is 0.456 e. The SMILES string of the molecule is c1ccc2c(c1)-c1ccccc1C21c2cc(-c3cccc4oc5cc6ccccc6cc5c34)cc(-c3ccc4oc5ccccc5c4c3)c2-c2ccc3ccccc3c21. The zero-order valence-corrected chi connectivity index (χ0v) is 31.8. The minimum Gasteiger partial charge on any atom is -0.456 e. The molecule has 12 aromatic rings. The van der Waals surface area contributed by atoms with Crippen LogP contribution >= 0.6 is 0 Å². The second kappa shape index (κ2) is 11.2. The van der Waals surface area contributed by atoms with Crippen LogP contribution in [0.25, 0.3) is 110 Å². The van der Waals surface area contributed by atoms with Crippen molar-refractivity contribution >= 4 is 65.4 Å². The van der Waals surface area contributed by atoms with Crippen LogP contribution in [0.2, 0.25) is 0 Å². The molecule has 2 aliphatic rings. The van der Waals surface area contributed by atoms with Gasteiger partial charge in [-0.1, -0.05) is 146 Å². The van der Waals surface area contributed by atoms with Gasteiger partial charge in [0, 0.05) is 21.5 Å². The summed E-state index contributed by atoms with van der Waals surface area (Å²) in [5.41, 5.74) is 18.2. The minimum absolute atomic E-state index is 0.557. The standard InChI is InChI=1S/C57H32O2/c1-2-14-35-32-53-46(28-34(35)13-1)55-38(19-11-23-52(55)59-53)37-30-44(36-25-27-51-45(29-36)42-18-7-10-22-50(42)58-51)54-43-26-24-33-12-3-4-15-39(33)56(43)57(49(54)31-37)47-20-8-5-16-40(47)41-17-6-9-21-48(41)57/h1-32H. The van der Waals surface area contributed by atoms with Crippen molar-refractivity contribution in [2.75, 3.05) is 0 Å². The van der Waals surface area contributed by atoms with Crippen molar-refractivity contribution in [3.05, 3.63) is 216 Å². The Bertz CT molecular complexity index is 3750. The van der Waals surface area contributed by atoms with Crippen LogP contribution in [0.1, 0.15) is 22.3 Å². The maximum absolute atomic E-state index is 6.69. The van der Waals surface area contributed by atoms with Gasteiger partial charge >= 0.3 is 0 Å². The van der Waals surface area contributed by atoms with E-state index in [9.17, 15) is 0 Å². The number of hydrogen-bond donors (Lipinski definition) is 0. The molecule has 0 amide bonds. The fraction of sp³-hybridized carbons (Fsp3) is 0.0175. The Kier molecular flexibility index (Phi) is 5.99. The first kappa shape index (κ1) is 31.4. The van der Waals surface area contributed by atoms with Crippen LogP contribution in [-0.2, 0) is 5.41 Å². The molecule has 0 bridgehead atoms. The minimum atomic E-state index is -0.557. The molecule has 10 aromatic carbocycles. The van der Waals surface area contributed by atoms with Crippen molar-refractivity contribution in [1.29, 1.82) is 0 Å². The molecule has 2 aliphatic carbocycles. The van der Waals surface area contributed by atoms with Crippen molar-refractivity contribution in [2.24, 2.45) is 0 Å². The molecule has 2 nitrogen and oxygen atoms in total. The maximum atomic E-state index is 6.69. The molecule has 0 unspecified atom stereocenters. The van der Waals surface area contributed by atoms with Crippen LogP contribution in [0.15, 0.2) is 203 Å². The third-order valence-electron chi connectivity index (χ3n) is 13.4. The van der Waals surface area contributed by atoms with Gasteiger partial charge in [-0.3, -0.25) is 0 Å². The van der Waals surface area contributed by atoms with Crippen molar-refractivity contribution in [3.63, 3.8) is 0 Å². The lowest BCUT2D eigenvalue weighted by atomic mass is 9.69. The van der Waals surface area contributed by atoms with E-state index in [1.54, 1.807) is 0 Å². The zero-order valence-electron chi connectivity index (χ0n) is 31.8. The summed E-state index contributed by atoms with van der Waals surface area (Å²) in [6.45, 7) is 0. The van der Waals surface area contributed by atoms with Crippen LogP contribution in [-0.4, -0.2) is 0 Å². The number of fused-ring (bicyclic) bond motifs is 19. The second-order valence-electron chi connectivity index (χ2n) is 16.3. The van der Waals surface area contributed by atoms with E-state index < -0.39 is 5.41 Å². The molecule has 0 saturated carbocycles. The first-order valence-electron chi connectivity index (χ1n) is 20.4. The van der Waals surface area contributed by atoms with Gasteiger partial charge in [-0.15, -0.1) is 0 Å². The Hall–Kier alpha value is -7.68. The molecular formula is C57H32O2. The highest BCUT2D eigenvalue weighted by Crippen LogP contribution is 2.66. The van der Waals surface area contributed by atoms with Crippen molar-refractivity contribution in [3.8, 4) is 44.5 Å². The number of para-hydroxylation sites is 1. The first-order chi connectivity index (χ1) is 29.2. The lowest BCUT2D eigenvalue weighted by molar-refractivity contribution is 0.669. The summed E-state index contributed by atoms with van der Waals surface area (Å²) < 4.78 is 13.1. The summed E-state index contributed by atoms with van der Waals surface area (Å²) >= 11 is 0. The molecular weight excluding hydrogens is 717 g/mol. The molecule has 0 N–H and O–H groups in total. The third kappa shape index (κ3) is 4.00. The van der Waals surface area contributed by atoms with Gasteiger partial charge in [-0.25, -0.2) is 0 Å². The van der Waals surface area contributed by atoms with Crippen LogP contribution < -0.4 is 0 Å². The molecule has 0 saturated heterocycles. The molecule has 0 atom stereocenters. The maximum Gasteiger partial charge on any atom is 0.136 e. The summed E-state index contributed by atoms with van der Waals surface area (Å²) in [7, 11) is 0. The smallest absolute Gasteiger partial charge is 0.136 e. The normalized spacial score (nSPS) is 13.6. The molecule has 1 spiro atoms. The monoisotopic (exact) mass is 748 g/mol. The number of rotatable bonds is 2. The number of furan rings is 2. The molecule has 2 heterocycles. The average Bonchev–Trinajstić information content (AvgIpc) is 4.02. The van der Waals surface area contributed by atoms with E-state index in [4.69, 9.17) is 8.83 Å². The highest BCUT2D eigenvalue weighted by molar-refractivity contribution is 6.17. The highest BCUT2D eigenvalue weighted by atomic mass is 16.3. The van der Waals surface area contributed by atoms with Gasteiger partial charge in [-0.05, 0) is 137 Å². The molecule has 2 heteroatoms. The van der Waals surface area contributed by atoms with Crippen molar-refractivity contribution in [2.45, 2.75) is 5.41 Å². The van der Waals surface area contributed by atoms with Crippen molar-refractivity contribution in [1.82, 2.24) is 0 Å². The molecule has 59 heavy (non-hydrogen) atoms. The number of benzene rings is 10. The predicted octanol–water partition coefficient (Wildman–Crippen LogP) is 15.5. The van der Waals surface area contributed by atoms with E-state index in [1.165, 1.54) is 71.6 Å². The molecule has 0 aliphatic heterocycles. The van der Waals surface area contributed by atoms with E-state index in [2.05, 4.69) is 188 Å². The molecule has 0 fully saturated rings. The van der Waals surface area contributed by atoms with Gasteiger partial charge in [0.05, 0.1) is 5.41 Å². The summed E-state index contributed by atoms with van der Waals surface area (Å²) in [5.74, 6) is 0. The quantitative estimate of drug-likeness (QED) is 0.176. The van der Waals surface area contributed by atoms with E-state index in [-0.39, 0.29) is 0 Å². The average molecular weight is 749 g/mol. The third-order valence-corrected chi connectivity index (χ3v) is 13.4. The van der Waals surface area contributed by atoms with Crippen LogP contribution in [0.4, 0.5) is 0 Å². The van der Waals surface area contributed by atoms with Gasteiger partial charge in [0.1, 0.15) is 22.3 Å². The van der Waals surface area contributed by atoms with Gasteiger partial charge in [-0.2, -0.15) is 0 Å². The van der Waals surface area contributed by atoms with E-state index in [0.29, 0.717) is 0 Å². The molecule has 0 radical (unpaired) electrons. The van der Waals surface area contributed by atoms with Gasteiger partial charge in [0.2, 0.25) is 0 Å². The predicted molar refractivity (Wildman–Crippen MR) is 243 cm³/mol. The van der Waals surface area contributed by atoms with Gasteiger partial charge in [0.15, 0.2) is 0 Å². The Morgan fingerprint density at radius 1 is 0.305 bits per heavy atom. The Morgan fingerprint density at radius 2 is 0.949 bits per heavy atom. The highest BCUT2D eigenvalue weighted by Gasteiger charge is 2.53. The summed E-state index contributed by atoms with van der Waals surface area (Å²) in [5, 5.41) is 9.42. The summed E-state index contributed by atoms with van der Waals surface area (Å²) in [6.07, 6.45) is 0. The fourth-order valence-corrected chi connectivity index (χ4v) is 11.1. The van der Waals surface area contributed by atoms with Crippen molar-refractivity contribution < 1.29 is 8.83 Å². The first-order valence-corrected chi connectivity index (χ1v) is 20.4. The van der Waals surface area contributed by atoms with Crippen LogP contribution in [0.3, 0.4) is 0 Å². The molecule has 2 aromatic heterocycles. The van der Waals surface area contributed by atoms with E-state index in [1.807, 2.05) is 6.07 Å². The zero-order chi connectivity index (χ0) is 38.4.